The highest BCUT2D eigenvalue weighted by Gasteiger charge is 2.14. The fourth-order valence-electron chi connectivity index (χ4n) is 1.43. The van der Waals surface area contributed by atoms with Crippen LogP contribution in [0.2, 0.25) is 0 Å². The van der Waals surface area contributed by atoms with Crippen molar-refractivity contribution < 1.29 is 13.2 Å². The number of ether oxygens (including phenoxy) is 1. The Hall–Kier alpha value is -2.02. The molecule has 18 heavy (non-hydrogen) atoms. The molecule has 2 rings (SSSR count). The first kappa shape index (κ1) is 12.4. The fraction of sp³-hybridized carbons (Fsp3) is 0.182. The van der Waals surface area contributed by atoms with Crippen LogP contribution in [0.3, 0.4) is 0 Å². The van der Waals surface area contributed by atoms with Gasteiger partial charge in [-0.25, -0.2) is 13.4 Å². The summed E-state index contributed by atoms with van der Waals surface area (Å²) in [4.78, 5) is 3.98. The fourth-order valence-corrected chi connectivity index (χ4v) is 1.89. The van der Waals surface area contributed by atoms with Gasteiger partial charge in [0.25, 0.3) is 5.16 Å². The number of benzene rings is 1. The maximum Gasteiger partial charge on any atom is 0.267 e. The molecule has 0 saturated heterocycles. The number of para-hydroxylation sites is 1. The van der Waals surface area contributed by atoms with Crippen LogP contribution in [0.5, 0.6) is 5.75 Å². The predicted octanol–water partition coefficient (Wildman–Crippen LogP) is 0.951. The van der Waals surface area contributed by atoms with E-state index in [9.17, 15) is 8.42 Å². The molecule has 0 bridgehead atoms. The number of rotatable bonds is 3. The van der Waals surface area contributed by atoms with Gasteiger partial charge in [0.15, 0.2) is 0 Å². The van der Waals surface area contributed by atoms with Crippen LogP contribution in [0.4, 0.5) is 0 Å². The molecule has 2 aromatic rings. The zero-order chi connectivity index (χ0) is 13.2. The largest absolute Gasteiger partial charge is 0.496 e. The van der Waals surface area contributed by atoms with E-state index in [1.165, 1.54) is 13.3 Å². The summed E-state index contributed by atoms with van der Waals surface area (Å²) >= 11 is 0. The van der Waals surface area contributed by atoms with Crippen LogP contribution in [-0.4, -0.2) is 37.0 Å². The molecule has 0 spiro atoms. The molecule has 0 saturated carbocycles. The van der Waals surface area contributed by atoms with Crippen LogP contribution in [0.25, 0.3) is 11.3 Å². The lowest BCUT2D eigenvalue weighted by Gasteiger charge is -2.07. The van der Waals surface area contributed by atoms with Crippen LogP contribution in [0.15, 0.2) is 35.6 Å². The average molecular weight is 265 g/mol. The van der Waals surface area contributed by atoms with Crippen molar-refractivity contribution >= 4 is 9.84 Å². The van der Waals surface area contributed by atoms with E-state index < -0.39 is 9.84 Å². The highest BCUT2D eigenvalue weighted by Crippen LogP contribution is 2.27. The second kappa shape index (κ2) is 4.69. The Morgan fingerprint density at radius 1 is 1.22 bits per heavy atom. The van der Waals surface area contributed by atoms with Gasteiger partial charge in [-0.2, -0.15) is 5.10 Å². The van der Waals surface area contributed by atoms with Crippen LogP contribution < -0.4 is 4.74 Å². The number of hydrogen-bond acceptors (Lipinski definition) is 6. The molecule has 0 atom stereocenters. The van der Waals surface area contributed by atoms with Crippen molar-refractivity contribution in [2.75, 3.05) is 13.4 Å². The van der Waals surface area contributed by atoms with Crippen molar-refractivity contribution in [3.8, 4) is 17.0 Å². The SMILES string of the molecule is COc1ccccc1-c1cnnc(S(C)(=O)=O)n1. The van der Waals surface area contributed by atoms with E-state index in [0.717, 1.165) is 6.26 Å². The highest BCUT2D eigenvalue weighted by atomic mass is 32.2. The summed E-state index contributed by atoms with van der Waals surface area (Å²) in [5, 5.41) is 6.86. The Morgan fingerprint density at radius 2 is 1.94 bits per heavy atom. The van der Waals surface area contributed by atoms with Gasteiger partial charge in [0.1, 0.15) is 5.75 Å². The molecule has 0 N–H and O–H groups in total. The van der Waals surface area contributed by atoms with E-state index in [2.05, 4.69) is 15.2 Å². The van der Waals surface area contributed by atoms with Crippen molar-refractivity contribution in [2.24, 2.45) is 0 Å². The van der Waals surface area contributed by atoms with Crippen LogP contribution >= 0.6 is 0 Å². The Morgan fingerprint density at radius 3 is 2.61 bits per heavy atom. The van der Waals surface area contributed by atoms with Crippen LogP contribution in [0, 0.1) is 0 Å². The number of hydrogen-bond donors (Lipinski definition) is 0. The number of sulfone groups is 1. The highest BCUT2D eigenvalue weighted by molar-refractivity contribution is 7.90. The second-order valence-corrected chi connectivity index (χ2v) is 5.51. The molecule has 0 radical (unpaired) electrons. The minimum absolute atomic E-state index is 0.300. The number of aromatic nitrogens is 3. The number of methoxy groups -OCH3 is 1. The molecule has 1 heterocycles. The third-order valence-corrected chi connectivity index (χ3v) is 3.09. The molecule has 0 aliphatic rings. The minimum Gasteiger partial charge on any atom is -0.496 e. The van der Waals surface area contributed by atoms with E-state index in [-0.39, 0.29) is 5.16 Å². The van der Waals surface area contributed by atoms with E-state index in [4.69, 9.17) is 4.74 Å². The van der Waals surface area contributed by atoms with Gasteiger partial charge in [-0.05, 0) is 12.1 Å². The number of nitrogens with zero attached hydrogens (tertiary/aromatic N) is 3. The molecule has 0 unspecified atom stereocenters. The van der Waals surface area contributed by atoms with Crippen molar-refractivity contribution in [3.05, 3.63) is 30.5 Å². The van der Waals surface area contributed by atoms with Gasteiger partial charge in [-0.3, -0.25) is 0 Å². The summed E-state index contributed by atoms with van der Waals surface area (Å²) in [6.07, 6.45) is 2.43. The zero-order valence-corrected chi connectivity index (χ0v) is 10.7. The van der Waals surface area contributed by atoms with E-state index in [1.807, 2.05) is 6.07 Å². The molecular weight excluding hydrogens is 254 g/mol. The lowest BCUT2D eigenvalue weighted by Crippen LogP contribution is -2.06. The zero-order valence-electron chi connectivity index (χ0n) is 9.86. The third kappa shape index (κ3) is 2.45. The van der Waals surface area contributed by atoms with Gasteiger partial charge >= 0.3 is 0 Å². The second-order valence-electron chi connectivity index (χ2n) is 3.60. The van der Waals surface area contributed by atoms with Gasteiger partial charge in [0.05, 0.1) is 19.0 Å². The van der Waals surface area contributed by atoms with Gasteiger partial charge in [0.2, 0.25) is 9.84 Å². The van der Waals surface area contributed by atoms with E-state index >= 15 is 0 Å². The first-order valence-electron chi connectivity index (χ1n) is 5.05. The van der Waals surface area contributed by atoms with Gasteiger partial charge in [-0.15, -0.1) is 5.10 Å². The quantitative estimate of drug-likeness (QED) is 0.821. The monoisotopic (exact) mass is 265 g/mol. The van der Waals surface area contributed by atoms with Crippen molar-refractivity contribution in [1.29, 1.82) is 0 Å². The van der Waals surface area contributed by atoms with E-state index in [0.29, 0.717) is 17.0 Å². The molecule has 7 heteroatoms. The van der Waals surface area contributed by atoms with Crippen LogP contribution in [-0.2, 0) is 9.84 Å². The maximum atomic E-state index is 11.4. The molecule has 0 aliphatic heterocycles. The summed E-state index contributed by atoms with van der Waals surface area (Å²) in [5.41, 5.74) is 1.07. The Kier molecular flexibility index (Phi) is 3.24. The Labute approximate surface area is 105 Å². The lowest BCUT2D eigenvalue weighted by molar-refractivity contribution is 0.416. The molecule has 6 nitrogen and oxygen atoms in total. The first-order valence-corrected chi connectivity index (χ1v) is 6.94. The van der Waals surface area contributed by atoms with Gasteiger partial charge < -0.3 is 4.74 Å². The van der Waals surface area contributed by atoms with Crippen molar-refractivity contribution in [3.63, 3.8) is 0 Å². The molecule has 0 aliphatic carbocycles. The molecule has 1 aromatic heterocycles. The average Bonchev–Trinajstić information content (AvgIpc) is 2.38. The molecule has 1 aromatic carbocycles. The summed E-state index contributed by atoms with van der Waals surface area (Å²) in [7, 11) is -1.95. The van der Waals surface area contributed by atoms with Gasteiger partial charge in [0, 0.05) is 11.8 Å². The summed E-state index contributed by atoms with van der Waals surface area (Å²) < 4.78 is 27.9. The Balaban J connectivity index is 2.58. The summed E-state index contributed by atoms with van der Waals surface area (Å²) in [5.74, 6) is 0.595. The smallest absolute Gasteiger partial charge is 0.267 e. The Bertz CT molecular complexity index is 671. The third-order valence-electron chi connectivity index (χ3n) is 2.25. The molecule has 94 valence electrons. The summed E-state index contributed by atoms with van der Waals surface area (Å²) in [6, 6.07) is 7.15. The van der Waals surface area contributed by atoms with Gasteiger partial charge in [-0.1, -0.05) is 12.1 Å². The molecule has 0 amide bonds. The van der Waals surface area contributed by atoms with Crippen molar-refractivity contribution in [2.45, 2.75) is 5.16 Å². The van der Waals surface area contributed by atoms with E-state index in [1.54, 1.807) is 18.2 Å². The predicted molar refractivity (Wildman–Crippen MR) is 64.9 cm³/mol. The van der Waals surface area contributed by atoms with Crippen molar-refractivity contribution in [1.82, 2.24) is 15.2 Å². The topological polar surface area (TPSA) is 82.0 Å². The first-order chi connectivity index (χ1) is 8.52. The minimum atomic E-state index is -3.48. The molecular formula is C11H11N3O3S. The molecule has 0 fully saturated rings. The normalized spacial score (nSPS) is 11.2. The maximum absolute atomic E-state index is 11.4. The van der Waals surface area contributed by atoms with Crippen LogP contribution in [0.1, 0.15) is 0 Å². The lowest BCUT2D eigenvalue weighted by atomic mass is 10.1. The standard InChI is InChI=1S/C11H11N3O3S/c1-17-10-6-4-3-5-8(10)9-7-12-14-11(13-9)18(2,15)16/h3-7H,1-2H3. The summed E-state index contributed by atoms with van der Waals surface area (Å²) in [6.45, 7) is 0.